The molecule has 1 aliphatic rings. The lowest BCUT2D eigenvalue weighted by atomic mass is 10.1. The fourth-order valence-corrected chi connectivity index (χ4v) is 2.06. The number of hydrogen-bond donors (Lipinski definition) is 1. The lowest BCUT2D eigenvalue weighted by molar-refractivity contribution is -0.128. The fraction of sp³-hybridized carbons (Fsp3) is 0.357. The maximum atomic E-state index is 11.9. The molecule has 112 valence electrons. The number of benzene rings is 1. The Morgan fingerprint density at radius 3 is 2.52 bits per heavy atom. The minimum atomic E-state index is -0.974. The Morgan fingerprint density at radius 1 is 1.33 bits per heavy atom. The Balaban J connectivity index is 1.89. The second-order valence-corrected chi connectivity index (χ2v) is 4.83. The molecule has 0 spiro atoms. The quantitative estimate of drug-likeness (QED) is 0.863. The van der Waals surface area contributed by atoms with Crippen LogP contribution in [-0.4, -0.2) is 59.6 Å². The van der Waals surface area contributed by atoms with Crippen molar-refractivity contribution in [2.75, 3.05) is 26.7 Å². The summed E-state index contributed by atoms with van der Waals surface area (Å²) in [5, 5.41) is 8.82. The molecule has 7 heteroatoms. The number of amides is 2. The highest BCUT2D eigenvalue weighted by molar-refractivity contribution is 5.94. The number of carboxylic acid groups (broad SMARTS) is 1. The topological polar surface area (TPSA) is 87.2 Å². The second kappa shape index (κ2) is 6.36. The molecule has 0 unspecified atom stereocenters. The van der Waals surface area contributed by atoms with E-state index in [0.717, 1.165) is 10.5 Å². The lowest BCUT2D eigenvalue weighted by Gasteiger charge is -2.18. The molecule has 7 nitrogen and oxygen atoms in total. The molecule has 2 rings (SSSR count). The first-order valence-electron chi connectivity index (χ1n) is 6.45. The summed E-state index contributed by atoms with van der Waals surface area (Å²) in [6, 6.07) is 6.44. The summed E-state index contributed by atoms with van der Waals surface area (Å²) < 4.78 is 4.71. The zero-order valence-electron chi connectivity index (χ0n) is 11.6. The average Bonchev–Trinajstić information content (AvgIpc) is 2.85. The van der Waals surface area contributed by atoms with E-state index < -0.39 is 12.1 Å². The summed E-state index contributed by atoms with van der Waals surface area (Å²) in [5.74, 6) is -1.28. The number of imide groups is 1. The van der Waals surface area contributed by atoms with Crippen molar-refractivity contribution >= 4 is 18.0 Å². The van der Waals surface area contributed by atoms with Gasteiger partial charge in [-0.2, -0.15) is 0 Å². The largest absolute Gasteiger partial charge is 0.478 e. The zero-order chi connectivity index (χ0) is 15.4. The van der Waals surface area contributed by atoms with Gasteiger partial charge in [0.2, 0.25) is 5.91 Å². The summed E-state index contributed by atoms with van der Waals surface area (Å²) in [5.41, 5.74) is 1.11. The minimum Gasteiger partial charge on any atom is -0.478 e. The molecule has 2 amide bonds. The van der Waals surface area contributed by atoms with Gasteiger partial charge in [0.05, 0.1) is 18.7 Å². The number of cyclic esters (lactones) is 1. The van der Waals surface area contributed by atoms with Crippen LogP contribution in [0.15, 0.2) is 24.3 Å². The maximum absolute atomic E-state index is 11.9. The molecule has 1 aromatic rings. The monoisotopic (exact) mass is 292 g/mol. The van der Waals surface area contributed by atoms with E-state index in [4.69, 9.17) is 9.84 Å². The minimum absolute atomic E-state index is 0.0930. The van der Waals surface area contributed by atoms with E-state index in [1.807, 2.05) is 0 Å². The van der Waals surface area contributed by atoms with Crippen LogP contribution in [-0.2, 0) is 16.1 Å². The summed E-state index contributed by atoms with van der Waals surface area (Å²) in [4.78, 5) is 36.8. The average molecular weight is 292 g/mol. The first-order chi connectivity index (χ1) is 9.97. The number of carbonyl (C=O) groups is 3. The molecule has 1 saturated heterocycles. The van der Waals surface area contributed by atoms with Crippen molar-refractivity contribution < 1.29 is 24.2 Å². The molecule has 0 bridgehead atoms. The van der Waals surface area contributed by atoms with Crippen LogP contribution in [0.3, 0.4) is 0 Å². The Morgan fingerprint density at radius 2 is 2.00 bits per heavy atom. The molecule has 0 saturated carbocycles. The van der Waals surface area contributed by atoms with Crippen LogP contribution < -0.4 is 0 Å². The van der Waals surface area contributed by atoms with Gasteiger partial charge in [0, 0.05) is 6.54 Å². The Labute approximate surface area is 121 Å². The van der Waals surface area contributed by atoms with Gasteiger partial charge in [-0.15, -0.1) is 0 Å². The highest BCUT2D eigenvalue weighted by Gasteiger charge is 2.28. The highest BCUT2D eigenvalue weighted by atomic mass is 16.6. The molecule has 0 radical (unpaired) electrons. The smallest absolute Gasteiger partial charge is 0.416 e. The molecule has 1 aromatic carbocycles. The van der Waals surface area contributed by atoms with Crippen LogP contribution in [0, 0.1) is 0 Å². The third-order valence-electron chi connectivity index (χ3n) is 3.12. The van der Waals surface area contributed by atoms with Crippen LogP contribution in [0.2, 0.25) is 0 Å². The van der Waals surface area contributed by atoms with E-state index >= 15 is 0 Å². The number of aromatic carboxylic acids is 1. The van der Waals surface area contributed by atoms with Gasteiger partial charge < -0.3 is 9.84 Å². The van der Waals surface area contributed by atoms with E-state index in [-0.39, 0.29) is 24.6 Å². The molecule has 1 heterocycles. The molecule has 1 fully saturated rings. The normalized spacial score (nSPS) is 14.4. The Hall–Kier alpha value is -2.41. The number of hydrogen-bond acceptors (Lipinski definition) is 5. The molecule has 1 N–H and O–H groups in total. The predicted octanol–water partition coefficient (Wildman–Crippen LogP) is 0.795. The van der Waals surface area contributed by atoms with Crippen LogP contribution in [0.25, 0.3) is 0 Å². The van der Waals surface area contributed by atoms with Gasteiger partial charge in [0.1, 0.15) is 6.61 Å². The van der Waals surface area contributed by atoms with Crippen LogP contribution in [0.5, 0.6) is 0 Å². The van der Waals surface area contributed by atoms with Gasteiger partial charge in [-0.1, -0.05) is 12.1 Å². The molecular weight excluding hydrogens is 276 g/mol. The summed E-state index contributed by atoms with van der Waals surface area (Å²) in [6.45, 7) is 1.11. The predicted molar refractivity (Wildman–Crippen MR) is 72.8 cm³/mol. The number of carboxylic acids is 1. The van der Waals surface area contributed by atoms with Crippen molar-refractivity contribution in [3.8, 4) is 0 Å². The highest BCUT2D eigenvalue weighted by Crippen LogP contribution is 2.08. The Kier molecular flexibility index (Phi) is 4.54. The van der Waals surface area contributed by atoms with Crippen molar-refractivity contribution in [1.29, 1.82) is 0 Å². The molecule has 0 atom stereocenters. The van der Waals surface area contributed by atoms with Crippen molar-refractivity contribution in [3.63, 3.8) is 0 Å². The van der Waals surface area contributed by atoms with E-state index in [9.17, 15) is 14.4 Å². The maximum Gasteiger partial charge on any atom is 0.416 e. The van der Waals surface area contributed by atoms with Crippen molar-refractivity contribution in [1.82, 2.24) is 9.80 Å². The van der Waals surface area contributed by atoms with Gasteiger partial charge in [-0.05, 0) is 24.7 Å². The molecule has 21 heavy (non-hydrogen) atoms. The second-order valence-electron chi connectivity index (χ2n) is 4.83. The van der Waals surface area contributed by atoms with Crippen LogP contribution in [0.4, 0.5) is 4.79 Å². The van der Waals surface area contributed by atoms with Gasteiger partial charge in [-0.3, -0.25) is 9.69 Å². The first-order valence-corrected chi connectivity index (χ1v) is 6.45. The molecular formula is C14H16N2O5. The molecule has 0 aliphatic carbocycles. The number of ether oxygens (including phenoxy) is 1. The van der Waals surface area contributed by atoms with Gasteiger partial charge in [-0.25, -0.2) is 14.5 Å². The van der Waals surface area contributed by atoms with Crippen LogP contribution in [0.1, 0.15) is 15.9 Å². The van der Waals surface area contributed by atoms with Gasteiger partial charge in [0.25, 0.3) is 0 Å². The fourth-order valence-electron chi connectivity index (χ4n) is 2.06. The standard InChI is InChI=1S/C14H16N2O5/c1-15(9-12(17)16-6-7-21-14(16)20)8-10-2-4-11(5-3-10)13(18)19/h2-5H,6-9H2,1H3,(H,18,19). The number of nitrogens with zero attached hydrogens (tertiary/aromatic N) is 2. The van der Waals surface area contributed by atoms with Gasteiger partial charge >= 0.3 is 12.1 Å². The van der Waals surface area contributed by atoms with Crippen LogP contribution >= 0.6 is 0 Å². The Bertz CT molecular complexity index is 555. The third-order valence-corrected chi connectivity index (χ3v) is 3.12. The van der Waals surface area contributed by atoms with Crippen molar-refractivity contribution in [2.24, 2.45) is 0 Å². The molecule has 0 aromatic heterocycles. The van der Waals surface area contributed by atoms with E-state index in [0.29, 0.717) is 13.1 Å². The SMILES string of the molecule is CN(CC(=O)N1CCOC1=O)Cc1ccc(C(=O)O)cc1. The van der Waals surface area contributed by atoms with E-state index in [1.54, 1.807) is 24.1 Å². The number of likely N-dealkylation sites (N-methyl/N-ethyl adjacent to an activating group) is 1. The van der Waals surface area contributed by atoms with Crippen molar-refractivity contribution in [2.45, 2.75) is 6.54 Å². The zero-order valence-corrected chi connectivity index (χ0v) is 11.6. The lowest BCUT2D eigenvalue weighted by Crippen LogP contribution is -2.39. The third kappa shape index (κ3) is 3.79. The molecule has 1 aliphatic heterocycles. The summed E-state index contributed by atoms with van der Waals surface area (Å²) >= 11 is 0. The van der Waals surface area contributed by atoms with Crippen molar-refractivity contribution in [3.05, 3.63) is 35.4 Å². The van der Waals surface area contributed by atoms with Gasteiger partial charge in [0.15, 0.2) is 0 Å². The van der Waals surface area contributed by atoms with E-state index in [1.165, 1.54) is 12.1 Å². The summed E-state index contributed by atoms with van der Waals surface area (Å²) in [7, 11) is 1.75. The summed E-state index contributed by atoms with van der Waals surface area (Å²) in [6.07, 6.45) is -0.598. The number of carbonyl (C=O) groups excluding carboxylic acids is 2. The number of rotatable bonds is 5. The first kappa shape index (κ1) is 15.0. The van der Waals surface area contributed by atoms with E-state index in [2.05, 4.69) is 0 Å².